The fourth-order valence-electron chi connectivity index (χ4n) is 2.70. The standard InChI is InChI=1S/C19H19NO4/c21-18(22)19(11-15-7-3-1-4-8-15)12-17(20-24-19)14-23-13-16-9-5-2-6-10-16/h1-10H,11-14H2,(H,21,22). The smallest absolute Gasteiger partial charge is 0.351 e. The van der Waals surface area contributed by atoms with E-state index in [0.717, 1.165) is 11.1 Å². The molecular formula is C19H19NO4. The van der Waals surface area contributed by atoms with E-state index in [9.17, 15) is 9.90 Å². The molecule has 1 unspecified atom stereocenters. The summed E-state index contributed by atoms with van der Waals surface area (Å²) in [6, 6.07) is 19.2. The van der Waals surface area contributed by atoms with Crippen LogP contribution in [0.1, 0.15) is 17.5 Å². The number of benzene rings is 2. The first-order valence-corrected chi connectivity index (χ1v) is 7.81. The summed E-state index contributed by atoms with van der Waals surface area (Å²) in [5, 5.41) is 13.6. The summed E-state index contributed by atoms with van der Waals surface area (Å²) in [4.78, 5) is 17.1. The highest BCUT2D eigenvalue weighted by atomic mass is 16.7. The van der Waals surface area contributed by atoms with Crippen LogP contribution in [0.25, 0.3) is 0 Å². The molecule has 5 heteroatoms. The molecule has 3 rings (SSSR count). The van der Waals surface area contributed by atoms with Crippen LogP contribution in [0.3, 0.4) is 0 Å². The Bertz CT molecular complexity index is 715. The van der Waals surface area contributed by atoms with Crippen molar-refractivity contribution in [3.05, 3.63) is 71.8 Å². The summed E-state index contributed by atoms with van der Waals surface area (Å²) < 4.78 is 5.62. The van der Waals surface area contributed by atoms with E-state index >= 15 is 0 Å². The summed E-state index contributed by atoms with van der Waals surface area (Å²) in [7, 11) is 0. The average Bonchev–Trinajstić information content (AvgIpc) is 3.01. The summed E-state index contributed by atoms with van der Waals surface area (Å²) >= 11 is 0. The van der Waals surface area contributed by atoms with Gasteiger partial charge in [-0.15, -0.1) is 0 Å². The quantitative estimate of drug-likeness (QED) is 0.849. The maximum absolute atomic E-state index is 11.7. The Hall–Kier alpha value is -2.66. The molecule has 1 aliphatic heterocycles. The topological polar surface area (TPSA) is 68.1 Å². The molecule has 0 spiro atoms. The Balaban J connectivity index is 1.57. The summed E-state index contributed by atoms with van der Waals surface area (Å²) in [6.07, 6.45) is 0.501. The Kier molecular flexibility index (Phi) is 4.91. The molecule has 0 bridgehead atoms. The van der Waals surface area contributed by atoms with Crippen LogP contribution in [-0.4, -0.2) is 29.0 Å². The molecule has 1 atom stereocenters. The van der Waals surface area contributed by atoms with Crippen molar-refractivity contribution < 1.29 is 19.5 Å². The molecule has 24 heavy (non-hydrogen) atoms. The van der Waals surface area contributed by atoms with Crippen molar-refractivity contribution in [3.63, 3.8) is 0 Å². The van der Waals surface area contributed by atoms with Gasteiger partial charge in [0, 0.05) is 12.8 Å². The molecule has 0 saturated carbocycles. The molecule has 0 saturated heterocycles. The van der Waals surface area contributed by atoms with Gasteiger partial charge in [-0.05, 0) is 11.1 Å². The lowest BCUT2D eigenvalue weighted by atomic mass is 9.90. The molecule has 2 aromatic carbocycles. The van der Waals surface area contributed by atoms with E-state index < -0.39 is 11.6 Å². The molecule has 0 radical (unpaired) electrons. The van der Waals surface area contributed by atoms with Crippen molar-refractivity contribution >= 4 is 11.7 Å². The van der Waals surface area contributed by atoms with Gasteiger partial charge >= 0.3 is 5.97 Å². The zero-order chi connectivity index (χ0) is 16.8. The molecule has 1 N–H and O–H groups in total. The lowest BCUT2D eigenvalue weighted by molar-refractivity contribution is -0.162. The van der Waals surface area contributed by atoms with Crippen LogP contribution in [0, 0.1) is 0 Å². The van der Waals surface area contributed by atoms with Crippen LogP contribution in [0.4, 0.5) is 0 Å². The number of carboxylic acids is 1. The van der Waals surface area contributed by atoms with Gasteiger partial charge in [0.2, 0.25) is 5.60 Å². The van der Waals surface area contributed by atoms with E-state index in [1.54, 1.807) is 0 Å². The van der Waals surface area contributed by atoms with Crippen LogP contribution in [0.15, 0.2) is 65.8 Å². The van der Waals surface area contributed by atoms with Crippen molar-refractivity contribution in [2.45, 2.75) is 25.0 Å². The lowest BCUT2D eigenvalue weighted by Gasteiger charge is -2.21. The van der Waals surface area contributed by atoms with E-state index in [-0.39, 0.29) is 19.4 Å². The lowest BCUT2D eigenvalue weighted by Crippen LogP contribution is -2.41. The first-order valence-electron chi connectivity index (χ1n) is 7.81. The van der Waals surface area contributed by atoms with E-state index in [1.165, 1.54) is 0 Å². The van der Waals surface area contributed by atoms with Gasteiger partial charge in [-0.2, -0.15) is 0 Å². The van der Waals surface area contributed by atoms with Crippen molar-refractivity contribution in [2.24, 2.45) is 5.16 Å². The molecule has 5 nitrogen and oxygen atoms in total. The summed E-state index contributed by atoms with van der Waals surface area (Å²) in [5.74, 6) is -1.01. The second-order valence-electron chi connectivity index (χ2n) is 5.87. The number of aliphatic carboxylic acids is 1. The minimum atomic E-state index is -1.34. The van der Waals surface area contributed by atoms with Crippen LogP contribution in [0.2, 0.25) is 0 Å². The van der Waals surface area contributed by atoms with Gasteiger partial charge in [0.1, 0.15) is 0 Å². The van der Waals surface area contributed by atoms with Gasteiger partial charge < -0.3 is 14.7 Å². The van der Waals surface area contributed by atoms with Crippen LogP contribution >= 0.6 is 0 Å². The normalized spacial score (nSPS) is 19.6. The number of hydrogen-bond donors (Lipinski definition) is 1. The molecule has 0 aliphatic carbocycles. The fraction of sp³-hybridized carbons (Fsp3) is 0.263. The maximum Gasteiger partial charge on any atom is 0.351 e. The monoisotopic (exact) mass is 325 g/mol. The van der Waals surface area contributed by atoms with Crippen LogP contribution in [-0.2, 0) is 27.4 Å². The van der Waals surface area contributed by atoms with E-state index in [2.05, 4.69) is 5.16 Å². The average molecular weight is 325 g/mol. The number of nitrogens with zero attached hydrogens (tertiary/aromatic N) is 1. The van der Waals surface area contributed by atoms with Gasteiger partial charge in [-0.25, -0.2) is 4.79 Å². The molecular weight excluding hydrogens is 306 g/mol. The minimum absolute atomic E-state index is 0.228. The molecule has 1 aliphatic rings. The predicted molar refractivity (Wildman–Crippen MR) is 89.7 cm³/mol. The summed E-state index contributed by atoms with van der Waals surface area (Å²) in [6.45, 7) is 0.720. The molecule has 124 valence electrons. The van der Waals surface area contributed by atoms with E-state index in [0.29, 0.717) is 12.3 Å². The number of hydrogen-bond acceptors (Lipinski definition) is 4. The van der Waals surface area contributed by atoms with Gasteiger partial charge in [0.25, 0.3) is 0 Å². The minimum Gasteiger partial charge on any atom is -0.478 e. The summed E-state index contributed by atoms with van der Waals surface area (Å²) in [5.41, 5.74) is 1.24. The Morgan fingerprint density at radius 3 is 2.29 bits per heavy atom. The van der Waals surface area contributed by atoms with Gasteiger partial charge in [-0.3, -0.25) is 0 Å². The molecule has 1 heterocycles. The van der Waals surface area contributed by atoms with Gasteiger partial charge in [-0.1, -0.05) is 65.8 Å². The zero-order valence-corrected chi connectivity index (χ0v) is 13.2. The number of carbonyl (C=O) groups is 1. The van der Waals surface area contributed by atoms with E-state index in [1.807, 2.05) is 60.7 Å². The fourth-order valence-corrected chi connectivity index (χ4v) is 2.70. The Labute approximate surface area is 140 Å². The van der Waals surface area contributed by atoms with Crippen molar-refractivity contribution in [3.8, 4) is 0 Å². The number of oxime groups is 1. The maximum atomic E-state index is 11.7. The van der Waals surface area contributed by atoms with E-state index in [4.69, 9.17) is 9.57 Å². The van der Waals surface area contributed by atoms with Crippen LogP contribution in [0.5, 0.6) is 0 Å². The van der Waals surface area contributed by atoms with Crippen molar-refractivity contribution in [2.75, 3.05) is 6.61 Å². The van der Waals surface area contributed by atoms with Crippen molar-refractivity contribution in [1.82, 2.24) is 0 Å². The van der Waals surface area contributed by atoms with Crippen molar-refractivity contribution in [1.29, 1.82) is 0 Å². The number of carboxylic acid groups (broad SMARTS) is 1. The second kappa shape index (κ2) is 7.27. The second-order valence-corrected chi connectivity index (χ2v) is 5.87. The highest BCUT2D eigenvalue weighted by molar-refractivity contribution is 5.94. The highest BCUT2D eigenvalue weighted by Crippen LogP contribution is 2.29. The third-order valence-corrected chi connectivity index (χ3v) is 3.94. The zero-order valence-electron chi connectivity index (χ0n) is 13.2. The molecule has 0 amide bonds. The Morgan fingerprint density at radius 2 is 1.67 bits per heavy atom. The first kappa shape index (κ1) is 16.2. The predicted octanol–water partition coefficient (Wildman–Crippen LogP) is 3.05. The highest BCUT2D eigenvalue weighted by Gasteiger charge is 2.46. The van der Waals surface area contributed by atoms with Gasteiger partial charge in [0.05, 0.1) is 18.9 Å². The molecule has 0 aromatic heterocycles. The first-order chi connectivity index (χ1) is 11.7. The molecule has 0 fully saturated rings. The largest absolute Gasteiger partial charge is 0.478 e. The third-order valence-electron chi connectivity index (χ3n) is 3.94. The van der Waals surface area contributed by atoms with Gasteiger partial charge in [0.15, 0.2) is 0 Å². The molecule has 2 aromatic rings. The number of ether oxygens (including phenoxy) is 1. The SMILES string of the molecule is O=C(O)C1(Cc2ccccc2)CC(COCc2ccccc2)=NO1. The number of rotatable bonds is 7. The Morgan fingerprint density at radius 1 is 1.04 bits per heavy atom. The third kappa shape index (κ3) is 3.81. The van der Waals surface area contributed by atoms with Crippen LogP contribution < -0.4 is 0 Å².